The number of nitrogens with zero attached hydrogens (tertiary/aromatic N) is 2. The highest BCUT2D eigenvalue weighted by Crippen LogP contribution is 2.49. The maximum absolute atomic E-state index is 12.4. The number of hydrogen-bond donors (Lipinski definition) is 0. The maximum atomic E-state index is 12.4. The summed E-state index contributed by atoms with van der Waals surface area (Å²) >= 11 is 1.49. The van der Waals surface area contributed by atoms with Gasteiger partial charge in [0, 0.05) is 18.6 Å². The van der Waals surface area contributed by atoms with Gasteiger partial charge in [-0.05, 0) is 18.4 Å². The Morgan fingerprint density at radius 1 is 1.33 bits per heavy atom. The summed E-state index contributed by atoms with van der Waals surface area (Å²) in [5.74, 6) is -0.00764. The molecule has 3 rings (SSSR count). The van der Waals surface area contributed by atoms with E-state index in [0.29, 0.717) is 0 Å². The van der Waals surface area contributed by atoms with Gasteiger partial charge in [-0.2, -0.15) is 4.99 Å². The van der Waals surface area contributed by atoms with E-state index in [-0.39, 0.29) is 11.3 Å². The van der Waals surface area contributed by atoms with Gasteiger partial charge in [0.2, 0.25) is 0 Å². The zero-order valence-corrected chi connectivity index (χ0v) is 11.0. The molecule has 1 aliphatic rings. The number of rotatable bonds is 2. The number of carbonyl (C=O) groups excluding carboxylic acids is 1. The molecular weight excluding hydrogens is 244 g/mol. The quantitative estimate of drug-likeness (QED) is 0.813. The molecule has 1 aliphatic carbocycles. The number of hydrogen-bond acceptors (Lipinski definition) is 2. The van der Waals surface area contributed by atoms with E-state index < -0.39 is 0 Å². The second-order valence-electron chi connectivity index (χ2n) is 4.66. The zero-order valence-electron chi connectivity index (χ0n) is 10.2. The van der Waals surface area contributed by atoms with Crippen LogP contribution in [0.15, 0.2) is 46.9 Å². The van der Waals surface area contributed by atoms with Gasteiger partial charge in [-0.25, -0.2) is 0 Å². The van der Waals surface area contributed by atoms with Crippen LogP contribution in [-0.4, -0.2) is 10.5 Å². The largest absolute Gasteiger partial charge is 0.327 e. The van der Waals surface area contributed by atoms with E-state index in [0.717, 1.165) is 23.2 Å². The lowest BCUT2D eigenvalue weighted by atomic mass is 9.95. The molecule has 1 heterocycles. The van der Waals surface area contributed by atoms with Crippen LogP contribution < -0.4 is 4.80 Å². The van der Waals surface area contributed by atoms with E-state index in [2.05, 4.69) is 4.99 Å². The molecule has 3 nitrogen and oxygen atoms in total. The first kappa shape index (κ1) is 11.4. The Bertz CT molecular complexity index is 635. The molecule has 4 heteroatoms. The minimum absolute atomic E-state index is 0.00764. The maximum Gasteiger partial charge on any atom is 0.258 e. The molecule has 1 amide bonds. The lowest BCUT2D eigenvalue weighted by Gasteiger charge is -2.10. The molecule has 1 aromatic carbocycles. The third kappa shape index (κ3) is 1.82. The Labute approximate surface area is 109 Å². The van der Waals surface area contributed by atoms with Gasteiger partial charge in [0.1, 0.15) is 0 Å². The Morgan fingerprint density at radius 3 is 2.61 bits per heavy atom. The van der Waals surface area contributed by atoms with E-state index in [4.69, 9.17) is 0 Å². The summed E-state index contributed by atoms with van der Waals surface area (Å²) in [6, 6.07) is 9.98. The van der Waals surface area contributed by atoms with Crippen LogP contribution in [0.5, 0.6) is 0 Å². The third-order valence-electron chi connectivity index (χ3n) is 3.44. The molecule has 0 atom stereocenters. The predicted molar refractivity (Wildman–Crippen MR) is 71.2 cm³/mol. The first-order valence-electron chi connectivity index (χ1n) is 5.97. The van der Waals surface area contributed by atoms with Crippen molar-refractivity contribution in [3.63, 3.8) is 0 Å². The van der Waals surface area contributed by atoms with Crippen LogP contribution in [0.2, 0.25) is 0 Å². The van der Waals surface area contributed by atoms with Crippen molar-refractivity contribution in [2.75, 3.05) is 0 Å². The SMILES string of the molecule is Cn1ccsc1=NC(=O)C1(c2ccccc2)CC1. The molecule has 0 radical (unpaired) electrons. The van der Waals surface area contributed by atoms with Crippen LogP contribution >= 0.6 is 11.3 Å². The average molecular weight is 258 g/mol. The average Bonchev–Trinajstić information content (AvgIpc) is 3.12. The lowest BCUT2D eigenvalue weighted by molar-refractivity contribution is -0.120. The van der Waals surface area contributed by atoms with Gasteiger partial charge >= 0.3 is 0 Å². The van der Waals surface area contributed by atoms with E-state index in [1.807, 2.05) is 53.5 Å². The summed E-state index contributed by atoms with van der Waals surface area (Å²) in [5.41, 5.74) is 0.746. The normalized spacial score (nSPS) is 17.7. The predicted octanol–water partition coefficient (Wildman–Crippen LogP) is 2.25. The Balaban J connectivity index is 1.97. The molecular formula is C14H14N2OS. The molecule has 0 saturated heterocycles. The topological polar surface area (TPSA) is 34.4 Å². The molecule has 1 fully saturated rings. The molecule has 0 bridgehead atoms. The standard InChI is InChI=1S/C14H14N2OS/c1-16-9-10-18-13(16)15-12(17)14(7-8-14)11-5-3-2-4-6-11/h2-6,9-10H,7-8H2,1H3. The molecule has 0 unspecified atom stereocenters. The summed E-state index contributed by atoms with van der Waals surface area (Å²) in [5, 5.41) is 1.94. The summed E-state index contributed by atoms with van der Waals surface area (Å²) in [7, 11) is 1.91. The van der Waals surface area contributed by atoms with Crippen molar-refractivity contribution in [1.82, 2.24) is 4.57 Å². The van der Waals surface area contributed by atoms with Gasteiger partial charge in [0.05, 0.1) is 5.41 Å². The van der Waals surface area contributed by atoms with Crippen LogP contribution in [0, 0.1) is 0 Å². The van der Waals surface area contributed by atoms with Crippen molar-refractivity contribution >= 4 is 17.2 Å². The minimum Gasteiger partial charge on any atom is -0.327 e. The van der Waals surface area contributed by atoms with Gasteiger partial charge in [-0.3, -0.25) is 4.79 Å². The van der Waals surface area contributed by atoms with Crippen LogP contribution in [0.25, 0.3) is 0 Å². The highest BCUT2D eigenvalue weighted by molar-refractivity contribution is 7.07. The lowest BCUT2D eigenvalue weighted by Crippen LogP contribution is -2.22. The zero-order chi connectivity index (χ0) is 12.6. The highest BCUT2D eigenvalue weighted by Gasteiger charge is 2.51. The second-order valence-corrected chi connectivity index (χ2v) is 5.53. The fraction of sp³-hybridized carbons (Fsp3) is 0.286. The van der Waals surface area contributed by atoms with Crippen molar-refractivity contribution in [3.05, 3.63) is 52.3 Å². The number of benzene rings is 1. The fourth-order valence-corrected chi connectivity index (χ4v) is 2.86. The van der Waals surface area contributed by atoms with Gasteiger partial charge in [0.15, 0.2) is 4.80 Å². The van der Waals surface area contributed by atoms with Crippen LogP contribution in [-0.2, 0) is 17.3 Å². The van der Waals surface area contributed by atoms with Crippen molar-refractivity contribution in [2.45, 2.75) is 18.3 Å². The van der Waals surface area contributed by atoms with Gasteiger partial charge in [-0.1, -0.05) is 30.3 Å². The third-order valence-corrected chi connectivity index (χ3v) is 4.29. The summed E-state index contributed by atoms with van der Waals surface area (Å²) in [6.45, 7) is 0. The van der Waals surface area contributed by atoms with Crippen molar-refractivity contribution in [3.8, 4) is 0 Å². The molecule has 0 N–H and O–H groups in total. The number of aromatic nitrogens is 1. The Kier molecular flexibility index (Phi) is 2.67. The smallest absolute Gasteiger partial charge is 0.258 e. The highest BCUT2D eigenvalue weighted by atomic mass is 32.1. The molecule has 1 saturated carbocycles. The number of carbonyl (C=O) groups is 1. The van der Waals surface area contributed by atoms with Crippen LogP contribution in [0.3, 0.4) is 0 Å². The molecule has 0 aliphatic heterocycles. The summed E-state index contributed by atoms with van der Waals surface area (Å²) in [6.07, 6.45) is 3.74. The van der Waals surface area contributed by atoms with E-state index in [1.165, 1.54) is 11.3 Å². The van der Waals surface area contributed by atoms with E-state index >= 15 is 0 Å². The Morgan fingerprint density at radius 2 is 2.06 bits per heavy atom. The molecule has 0 spiro atoms. The number of aryl methyl sites for hydroxylation is 1. The minimum atomic E-state index is -0.349. The van der Waals surface area contributed by atoms with E-state index in [1.54, 1.807) is 0 Å². The second kappa shape index (κ2) is 4.21. The van der Waals surface area contributed by atoms with E-state index in [9.17, 15) is 4.79 Å². The van der Waals surface area contributed by atoms with Gasteiger partial charge in [-0.15, -0.1) is 11.3 Å². The molecule has 2 aromatic rings. The molecule has 18 heavy (non-hydrogen) atoms. The summed E-state index contributed by atoms with van der Waals surface area (Å²) < 4.78 is 1.88. The van der Waals surface area contributed by atoms with Crippen molar-refractivity contribution in [1.29, 1.82) is 0 Å². The van der Waals surface area contributed by atoms with Crippen LogP contribution in [0.1, 0.15) is 18.4 Å². The first-order valence-corrected chi connectivity index (χ1v) is 6.85. The number of amides is 1. The first-order chi connectivity index (χ1) is 8.72. The molecule has 92 valence electrons. The number of thiazole rings is 1. The van der Waals surface area contributed by atoms with Crippen molar-refractivity contribution in [2.24, 2.45) is 12.0 Å². The van der Waals surface area contributed by atoms with Crippen LogP contribution in [0.4, 0.5) is 0 Å². The monoisotopic (exact) mass is 258 g/mol. The van der Waals surface area contributed by atoms with Crippen molar-refractivity contribution < 1.29 is 4.79 Å². The van der Waals surface area contributed by atoms with Gasteiger partial charge < -0.3 is 4.57 Å². The van der Waals surface area contributed by atoms with Gasteiger partial charge in [0.25, 0.3) is 5.91 Å². The Hall–Kier alpha value is -1.68. The molecule has 1 aromatic heterocycles. The fourth-order valence-electron chi connectivity index (χ4n) is 2.14. The summed E-state index contributed by atoms with van der Waals surface area (Å²) in [4.78, 5) is 17.4.